The van der Waals surface area contributed by atoms with Gasteiger partial charge in [0.2, 0.25) is 0 Å². The molecule has 0 aliphatic carbocycles. The van der Waals surface area contributed by atoms with E-state index in [4.69, 9.17) is 37.0 Å². The molecule has 0 saturated heterocycles. The molecule has 0 aromatic heterocycles. The number of aliphatic hydroxyl groups excluding tert-OH is 1. The van der Waals surface area contributed by atoms with Crippen LogP contribution in [0.5, 0.6) is 0 Å². The van der Waals surface area contributed by atoms with E-state index in [1.165, 1.54) is 128 Å². The third-order valence-electron chi connectivity index (χ3n) is 15.9. The summed E-state index contributed by atoms with van der Waals surface area (Å²) >= 11 is 0. The van der Waals surface area contributed by atoms with Crippen molar-refractivity contribution in [2.24, 2.45) is 23.7 Å². The Kier molecular flexibility index (Phi) is 56.6. The maximum absolute atomic E-state index is 13.0. The molecule has 0 rings (SSSR count). The lowest BCUT2D eigenvalue weighted by molar-refractivity contribution is -0.161. The molecular weight excluding hydrogens is 1150 g/mol. The van der Waals surface area contributed by atoms with Gasteiger partial charge in [0.25, 0.3) is 0 Å². The summed E-state index contributed by atoms with van der Waals surface area (Å²) in [5.74, 6) is 0.784. The van der Waals surface area contributed by atoms with Crippen LogP contribution in [0.15, 0.2) is 0 Å². The minimum atomic E-state index is -4.95. The first-order valence-corrected chi connectivity index (χ1v) is 38.2. The predicted octanol–water partition coefficient (Wildman–Crippen LogP) is 18.9. The second-order valence-corrected chi connectivity index (χ2v) is 29.1. The van der Waals surface area contributed by atoms with Crippen molar-refractivity contribution in [1.82, 2.24) is 0 Å². The molecule has 0 saturated carbocycles. The lowest BCUT2D eigenvalue weighted by Gasteiger charge is -2.21. The first-order valence-electron chi connectivity index (χ1n) is 35.2. The first-order chi connectivity index (χ1) is 41.6. The monoisotopic (exact) mass is 1280 g/mol. The number of phosphoric ester groups is 2. The van der Waals surface area contributed by atoms with Gasteiger partial charge in [-0.3, -0.25) is 37.3 Å². The van der Waals surface area contributed by atoms with Crippen molar-refractivity contribution in [3.05, 3.63) is 0 Å². The van der Waals surface area contributed by atoms with Crippen molar-refractivity contribution < 1.29 is 80.2 Å². The van der Waals surface area contributed by atoms with Gasteiger partial charge in [-0.15, -0.1) is 0 Å². The quantitative estimate of drug-likeness (QED) is 0.0222. The Morgan fingerprint density at radius 2 is 0.552 bits per heavy atom. The average molecular weight is 1280 g/mol. The Bertz CT molecular complexity index is 1730. The van der Waals surface area contributed by atoms with Crippen molar-refractivity contribution in [3.8, 4) is 0 Å². The van der Waals surface area contributed by atoms with E-state index in [-0.39, 0.29) is 25.7 Å². The van der Waals surface area contributed by atoms with Crippen molar-refractivity contribution in [2.75, 3.05) is 39.6 Å². The highest BCUT2D eigenvalue weighted by Gasteiger charge is 2.30. The number of unbranched alkanes of at least 4 members (excludes halogenated alkanes) is 30. The molecule has 0 bridgehead atoms. The van der Waals surface area contributed by atoms with Crippen LogP contribution in [-0.4, -0.2) is 96.7 Å². The highest BCUT2D eigenvalue weighted by atomic mass is 31.2. The number of hydrogen-bond donors (Lipinski definition) is 3. The summed E-state index contributed by atoms with van der Waals surface area (Å²) in [5.41, 5.74) is 0. The van der Waals surface area contributed by atoms with E-state index in [1.807, 2.05) is 0 Å². The SMILES string of the molecule is CCC(C)CCCCCCCCC(=O)O[C@H](COC(=O)CCCCCCCCCCC(C)C)COP(=O)(O)OC[C@@H](O)COP(=O)(O)OC[C@@H](COC(=O)CCCCCCCCC(C)C)OC(=O)CCCCCCCCCCCCCCCCC(C)C. The van der Waals surface area contributed by atoms with E-state index in [0.29, 0.717) is 31.6 Å². The average Bonchev–Trinajstić information content (AvgIpc) is 3.68. The number of hydrogen-bond acceptors (Lipinski definition) is 15. The van der Waals surface area contributed by atoms with Crippen LogP contribution in [0.2, 0.25) is 0 Å². The van der Waals surface area contributed by atoms with Crippen LogP contribution < -0.4 is 0 Å². The normalized spacial score (nSPS) is 14.6. The van der Waals surface area contributed by atoms with Crippen molar-refractivity contribution in [2.45, 2.75) is 350 Å². The van der Waals surface area contributed by atoms with E-state index in [2.05, 4.69) is 55.4 Å². The Balaban J connectivity index is 5.21. The Morgan fingerprint density at radius 3 is 0.816 bits per heavy atom. The van der Waals surface area contributed by atoms with Gasteiger partial charge in [0.05, 0.1) is 26.4 Å². The predicted molar refractivity (Wildman–Crippen MR) is 349 cm³/mol. The zero-order chi connectivity index (χ0) is 64.7. The number of phosphoric acid groups is 2. The molecule has 0 aliphatic heterocycles. The molecule has 0 radical (unpaired) electrons. The minimum absolute atomic E-state index is 0.102. The van der Waals surface area contributed by atoms with E-state index in [9.17, 15) is 43.2 Å². The Labute approximate surface area is 530 Å². The molecule has 6 atom stereocenters. The molecule has 0 aromatic rings. The van der Waals surface area contributed by atoms with Crippen molar-refractivity contribution in [1.29, 1.82) is 0 Å². The maximum Gasteiger partial charge on any atom is 0.472 e. The molecule has 17 nitrogen and oxygen atoms in total. The molecule has 516 valence electrons. The van der Waals surface area contributed by atoms with Gasteiger partial charge < -0.3 is 33.8 Å². The molecule has 87 heavy (non-hydrogen) atoms. The fourth-order valence-corrected chi connectivity index (χ4v) is 11.7. The molecule has 0 aliphatic rings. The van der Waals surface area contributed by atoms with Gasteiger partial charge in [0.1, 0.15) is 19.3 Å². The molecule has 0 aromatic carbocycles. The van der Waals surface area contributed by atoms with Crippen molar-refractivity contribution >= 4 is 39.5 Å². The van der Waals surface area contributed by atoms with E-state index in [0.717, 1.165) is 114 Å². The summed E-state index contributed by atoms with van der Waals surface area (Å²) in [7, 11) is -9.90. The topological polar surface area (TPSA) is 237 Å². The van der Waals surface area contributed by atoms with Crippen LogP contribution in [-0.2, 0) is 65.4 Å². The number of rotatable bonds is 65. The van der Waals surface area contributed by atoms with E-state index >= 15 is 0 Å². The standard InChI is InChI=1S/C68H132O17P2/c1-9-61(8)47-39-31-25-27-35-43-51-68(73)85-64(54-78-65(70)48-40-32-22-19-18-21-29-37-45-59(4)5)57-83-87(76,77)81-53-62(69)52-80-86(74,75)82-56-63(55-79-66(71)49-41-33-26-24-30-38-46-60(6)7)84-67(72)50-42-34-23-17-15-13-11-10-12-14-16-20-28-36-44-58(2)3/h58-64,69H,9-57H2,1-8H3,(H,74,75)(H,76,77)/t61?,62-,63+,64+/m0/s1. The zero-order valence-corrected chi connectivity index (χ0v) is 58.4. The number of carbonyl (C=O) groups is 4. The zero-order valence-electron chi connectivity index (χ0n) is 56.6. The van der Waals surface area contributed by atoms with E-state index < -0.39 is 97.5 Å². The molecule has 0 amide bonds. The number of carbonyl (C=O) groups excluding carboxylic acids is 4. The molecule has 0 fully saturated rings. The third kappa shape index (κ3) is 61.3. The smallest absolute Gasteiger partial charge is 0.462 e. The third-order valence-corrected chi connectivity index (χ3v) is 17.8. The number of aliphatic hydroxyl groups is 1. The van der Waals surface area contributed by atoms with Crippen LogP contribution in [0.1, 0.15) is 331 Å². The second-order valence-electron chi connectivity index (χ2n) is 26.2. The Morgan fingerprint density at radius 1 is 0.322 bits per heavy atom. The lowest BCUT2D eigenvalue weighted by Crippen LogP contribution is -2.30. The van der Waals surface area contributed by atoms with E-state index in [1.54, 1.807) is 0 Å². The fraction of sp³-hybridized carbons (Fsp3) is 0.941. The molecule has 19 heteroatoms. The van der Waals surface area contributed by atoms with Gasteiger partial charge in [0, 0.05) is 25.7 Å². The molecular formula is C68H132O17P2. The summed E-state index contributed by atoms with van der Waals surface area (Å²) in [6, 6.07) is 0. The van der Waals surface area contributed by atoms with Gasteiger partial charge in [-0.1, -0.05) is 280 Å². The summed E-state index contributed by atoms with van der Waals surface area (Å²) in [6.07, 6.45) is 39.2. The Hall–Kier alpha value is -1.94. The summed E-state index contributed by atoms with van der Waals surface area (Å²) in [4.78, 5) is 72.4. The summed E-state index contributed by atoms with van der Waals surface area (Å²) < 4.78 is 68.1. The fourth-order valence-electron chi connectivity index (χ4n) is 10.1. The molecule has 0 heterocycles. The van der Waals surface area contributed by atoms with Crippen molar-refractivity contribution in [3.63, 3.8) is 0 Å². The summed E-state index contributed by atoms with van der Waals surface area (Å²) in [5, 5.41) is 10.6. The number of ether oxygens (including phenoxy) is 4. The van der Waals surface area contributed by atoms with Gasteiger partial charge in [-0.2, -0.15) is 0 Å². The summed E-state index contributed by atoms with van der Waals surface area (Å²) in [6.45, 7) is 14.0. The van der Waals surface area contributed by atoms with Crippen LogP contribution in [0.4, 0.5) is 0 Å². The second kappa shape index (κ2) is 57.9. The van der Waals surface area contributed by atoms with Crippen LogP contribution in [0.3, 0.4) is 0 Å². The first kappa shape index (κ1) is 85.1. The van der Waals surface area contributed by atoms with Gasteiger partial charge in [0.15, 0.2) is 12.2 Å². The van der Waals surface area contributed by atoms with Crippen LogP contribution in [0, 0.1) is 23.7 Å². The lowest BCUT2D eigenvalue weighted by atomic mass is 10.00. The largest absolute Gasteiger partial charge is 0.472 e. The van der Waals surface area contributed by atoms with Gasteiger partial charge in [-0.05, 0) is 49.4 Å². The highest BCUT2D eigenvalue weighted by Crippen LogP contribution is 2.45. The van der Waals surface area contributed by atoms with Gasteiger partial charge >= 0.3 is 39.5 Å². The minimum Gasteiger partial charge on any atom is -0.462 e. The van der Waals surface area contributed by atoms with Crippen LogP contribution >= 0.6 is 15.6 Å². The maximum atomic E-state index is 13.0. The molecule has 3 unspecified atom stereocenters. The highest BCUT2D eigenvalue weighted by molar-refractivity contribution is 7.47. The number of esters is 4. The van der Waals surface area contributed by atoms with Gasteiger partial charge in [-0.25, -0.2) is 9.13 Å². The molecule has 0 spiro atoms. The van der Waals surface area contributed by atoms with Crippen LogP contribution in [0.25, 0.3) is 0 Å². The molecule has 3 N–H and O–H groups in total.